The van der Waals surface area contributed by atoms with Gasteiger partial charge in [0.05, 0.1) is 0 Å². The van der Waals surface area contributed by atoms with Gasteiger partial charge in [0.15, 0.2) is 5.60 Å². The number of likely N-dealkylation sites (N-methyl/N-ethyl adjacent to an activating group) is 1. The number of rotatable bonds is 6. The Balaban J connectivity index is 1.51. The lowest BCUT2D eigenvalue weighted by atomic mass is 9.83. The van der Waals surface area contributed by atoms with Crippen LogP contribution in [0.1, 0.15) is 50.2 Å². The molecule has 1 heterocycles. The van der Waals surface area contributed by atoms with Crippen LogP contribution in [0.5, 0.6) is 5.75 Å². The quantitative estimate of drug-likeness (QED) is 0.690. The van der Waals surface area contributed by atoms with Crippen LogP contribution in [0.25, 0.3) is 0 Å². The van der Waals surface area contributed by atoms with Crippen molar-refractivity contribution in [1.29, 1.82) is 0 Å². The van der Waals surface area contributed by atoms with Crippen molar-refractivity contribution in [2.45, 2.75) is 64.1 Å². The van der Waals surface area contributed by atoms with Crippen molar-refractivity contribution in [3.63, 3.8) is 0 Å². The third-order valence-corrected chi connectivity index (χ3v) is 7.04. The highest BCUT2D eigenvalue weighted by molar-refractivity contribution is 5.99. The van der Waals surface area contributed by atoms with Crippen LogP contribution in [-0.4, -0.2) is 49.1 Å². The van der Waals surface area contributed by atoms with Crippen molar-refractivity contribution in [2.75, 3.05) is 31.6 Å². The number of anilines is 1. The standard InChI is InChI=1S/C27H36FN3O2/c1-20-17-24(10-7-22(20)19-31-16-15-29-21(2)18-31)30(3)26(32)27(13-5-4-6-14-27)33-25-11-8-23(28)9-12-25/h7-12,17,21,29H,4-6,13-16,18-19H2,1-3H3/t21-/m0/s1. The minimum atomic E-state index is -0.908. The monoisotopic (exact) mass is 453 g/mol. The normalized spacial score (nSPS) is 20.9. The molecule has 1 N–H and O–H groups in total. The molecule has 1 saturated heterocycles. The molecule has 0 aromatic heterocycles. The average Bonchev–Trinajstić information content (AvgIpc) is 2.81. The fourth-order valence-electron chi connectivity index (χ4n) is 5.10. The molecule has 0 radical (unpaired) electrons. The topological polar surface area (TPSA) is 44.8 Å². The number of aryl methyl sites for hydroxylation is 1. The van der Waals surface area contributed by atoms with Crippen molar-refractivity contribution in [1.82, 2.24) is 10.2 Å². The van der Waals surface area contributed by atoms with Crippen molar-refractivity contribution >= 4 is 11.6 Å². The SMILES string of the molecule is Cc1cc(N(C)C(=O)C2(Oc3ccc(F)cc3)CCCCC2)ccc1CN1CCN[C@@H](C)C1. The summed E-state index contributed by atoms with van der Waals surface area (Å²) < 4.78 is 19.7. The van der Waals surface area contributed by atoms with E-state index in [1.165, 1.54) is 23.3 Å². The van der Waals surface area contributed by atoms with Gasteiger partial charge in [0.25, 0.3) is 5.91 Å². The number of carbonyl (C=O) groups is 1. The molecule has 5 nitrogen and oxygen atoms in total. The fraction of sp³-hybridized carbons (Fsp3) is 0.519. The van der Waals surface area contributed by atoms with Crippen molar-refractivity contribution in [3.8, 4) is 5.75 Å². The van der Waals surface area contributed by atoms with Crippen LogP contribution >= 0.6 is 0 Å². The Bertz CT molecular complexity index is 956. The second-order valence-electron chi connectivity index (χ2n) is 9.68. The van der Waals surface area contributed by atoms with E-state index in [4.69, 9.17) is 4.74 Å². The summed E-state index contributed by atoms with van der Waals surface area (Å²) in [6.07, 6.45) is 4.34. The molecule has 2 aromatic carbocycles. The van der Waals surface area contributed by atoms with Gasteiger partial charge < -0.3 is 15.0 Å². The van der Waals surface area contributed by atoms with Crippen LogP contribution in [-0.2, 0) is 11.3 Å². The molecule has 0 spiro atoms. The van der Waals surface area contributed by atoms with Gasteiger partial charge in [-0.2, -0.15) is 0 Å². The lowest BCUT2D eigenvalue weighted by molar-refractivity contribution is -0.136. The number of carbonyl (C=O) groups excluding carboxylic acids is 1. The molecule has 2 aromatic rings. The van der Waals surface area contributed by atoms with Gasteiger partial charge >= 0.3 is 0 Å². The van der Waals surface area contributed by atoms with Gasteiger partial charge in [-0.15, -0.1) is 0 Å². The van der Waals surface area contributed by atoms with Crippen LogP contribution < -0.4 is 15.0 Å². The van der Waals surface area contributed by atoms with E-state index in [2.05, 4.69) is 36.2 Å². The van der Waals surface area contributed by atoms with E-state index in [0.717, 1.165) is 51.1 Å². The molecule has 1 aliphatic carbocycles. The minimum Gasteiger partial charge on any atom is -0.477 e. The number of piperazine rings is 1. The molecule has 1 atom stereocenters. The third-order valence-electron chi connectivity index (χ3n) is 7.04. The Hall–Kier alpha value is -2.44. The fourth-order valence-corrected chi connectivity index (χ4v) is 5.10. The molecule has 1 saturated carbocycles. The van der Waals surface area contributed by atoms with Crippen LogP contribution in [0.3, 0.4) is 0 Å². The van der Waals surface area contributed by atoms with E-state index >= 15 is 0 Å². The molecule has 2 aliphatic rings. The number of hydrogen-bond acceptors (Lipinski definition) is 4. The second kappa shape index (κ2) is 10.2. The van der Waals surface area contributed by atoms with Gasteiger partial charge in [-0.3, -0.25) is 9.69 Å². The zero-order valence-electron chi connectivity index (χ0n) is 20.1. The Morgan fingerprint density at radius 3 is 2.58 bits per heavy atom. The summed E-state index contributed by atoms with van der Waals surface area (Å²) in [5, 5.41) is 3.49. The maximum absolute atomic E-state index is 13.8. The summed E-state index contributed by atoms with van der Waals surface area (Å²) >= 11 is 0. The molecule has 4 rings (SSSR count). The predicted molar refractivity (Wildman–Crippen MR) is 130 cm³/mol. The number of halogens is 1. The Labute approximate surface area is 196 Å². The number of nitrogens with one attached hydrogen (secondary N) is 1. The number of ether oxygens (including phenoxy) is 1. The van der Waals surface area contributed by atoms with E-state index in [1.807, 2.05) is 13.1 Å². The maximum atomic E-state index is 13.8. The smallest absolute Gasteiger partial charge is 0.270 e. The van der Waals surface area contributed by atoms with E-state index in [1.54, 1.807) is 17.0 Å². The first-order chi connectivity index (χ1) is 15.9. The third kappa shape index (κ3) is 5.56. The number of benzene rings is 2. The molecule has 2 fully saturated rings. The molecule has 1 aliphatic heterocycles. The van der Waals surface area contributed by atoms with Crippen LogP contribution in [0.15, 0.2) is 42.5 Å². The van der Waals surface area contributed by atoms with E-state index in [-0.39, 0.29) is 11.7 Å². The number of amides is 1. The van der Waals surface area contributed by atoms with Crippen molar-refractivity contribution in [2.24, 2.45) is 0 Å². The van der Waals surface area contributed by atoms with Gasteiger partial charge in [-0.05, 0) is 87.1 Å². The Morgan fingerprint density at radius 2 is 1.91 bits per heavy atom. The largest absolute Gasteiger partial charge is 0.477 e. The summed E-state index contributed by atoms with van der Waals surface area (Å²) in [5.41, 5.74) is 2.45. The lowest BCUT2D eigenvalue weighted by Crippen LogP contribution is -2.53. The lowest BCUT2D eigenvalue weighted by Gasteiger charge is -2.39. The predicted octanol–water partition coefficient (Wildman–Crippen LogP) is 4.67. The maximum Gasteiger partial charge on any atom is 0.270 e. The summed E-state index contributed by atoms with van der Waals surface area (Å²) in [7, 11) is 1.83. The first-order valence-corrected chi connectivity index (χ1v) is 12.1. The number of hydrogen-bond donors (Lipinski definition) is 1. The van der Waals surface area contributed by atoms with Gasteiger partial charge in [-0.1, -0.05) is 12.5 Å². The van der Waals surface area contributed by atoms with E-state index in [0.29, 0.717) is 24.6 Å². The van der Waals surface area contributed by atoms with Crippen molar-refractivity contribution < 1.29 is 13.9 Å². The second-order valence-corrected chi connectivity index (χ2v) is 9.68. The van der Waals surface area contributed by atoms with Crippen LogP contribution in [0.2, 0.25) is 0 Å². The molecule has 0 unspecified atom stereocenters. The zero-order chi connectivity index (χ0) is 23.4. The highest BCUT2D eigenvalue weighted by Crippen LogP contribution is 2.36. The Morgan fingerprint density at radius 1 is 1.18 bits per heavy atom. The van der Waals surface area contributed by atoms with Gasteiger partial charge in [0.2, 0.25) is 0 Å². The minimum absolute atomic E-state index is 0.0328. The summed E-state index contributed by atoms with van der Waals surface area (Å²) in [4.78, 5) is 18.0. The van der Waals surface area contributed by atoms with Crippen molar-refractivity contribution in [3.05, 3.63) is 59.4 Å². The summed E-state index contributed by atoms with van der Waals surface area (Å²) in [5.74, 6) is 0.195. The molecular formula is C27H36FN3O2. The van der Waals surface area contributed by atoms with E-state index in [9.17, 15) is 9.18 Å². The Kier molecular flexibility index (Phi) is 7.35. The van der Waals surface area contributed by atoms with Gasteiger partial charge in [0, 0.05) is 45.0 Å². The highest BCUT2D eigenvalue weighted by Gasteiger charge is 2.44. The van der Waals surface area contributed by atoms with Crippen LogP contribution in [0.4, 0.5) is 10.1 Å². The molecular weight excluding hydrogens is 417 g/mol. The van der Waals surface area contributed by atoms with E-state index < -0.39 is 5.60 Å². The first kappa shape index (κ1) is 23.7. The van der Waals surface area contributed by atoms with Gasteiger partial charge in [-0.25, -0.2) is 4.39 Å². The highest BCUT2D eigenvalue weighted by atomic mass is 19.1. The molecule has 0 bridgehead atoms. The van der Waals surface area contributed by atoms with Gasteiger partial charge in [0.1, 0.15) is 11.6 Å². The summed E-state index contributed by atoms with van der Waals surface area (Å²) in [6, 6.07) is 12.8. The molecule has 6 heteroatoms. The summed E-state index contributed by atoms with van der Waals surface area (Å²) in [6.45, 7) is 8.38. The van der Waals surface area contributed by atoms with Crippen LogP contribution in [0, 0.1) is 12.7 Å². The molecule has 1 amide bonds. The zero-order valence-corrected chi connectivity index (χ0v) is 20.1. The molecule has 33 heavy (non-hydrogen) atoms. The number of nitrogens with zero attached hydrogens (tertiary/aromatic N) is 2. The average molecular weight is 454 g/mol. The molecule has 178 valence electrons. The first-order valence-electron chi connectivity index (χ1n) is 12.1.